The van der Waals surface area contributed by atoms with Crippen molar-refractivity contribution < 1.29 is 4.74 Å². The first-order valence-electron chi connectivity index (χ1n) is 7.51. The highest BCUT2D eigenvalue weighted by molar-refractivity contribution is 6.17. The average molecular weight is 308 g/mol. The van der Waals surface area contributed by atoms with E-state index >= 15 is 0 Å². The van der Waals surface area contributed by atoms with E-state index in [9.17, 15) is 4.79 Å². The second-order valence-electron chi connectivity index (χ2n) is 5.26. The molecular weight excluding hydrogens is 286 g/mol. The summed E-state index contributed by atoms with van der Waals surface area (Å²) in [7, 11) is 0. The number of hydrogen-bond acceptors (Lipinski definition) is 2. The maximum absolute atomic E-state index is 12.2. The van der Waals surface area contributed by atoms with Gasteiger partial charge in [0.25, 0.3) is 5.56 Å². The number of pyridine rings is 1. The van der Waals surface area contributed by atoms with Gasteiger partial charge < -0.3 is 9.72 Å². The fourth-order valence-corrected chi connectivity index (χ4v) is 2.58. The van der Waals surface area contributed by atoms with E-state index in [1.54, 1.807) is 0 Å². The Kier molecular flexibility index (Phi) is 5.68. The minimum Gasteiger partial charge on any atom is -0.493 e. The van der Waals surface area contributed by atoms with Crippen molar-refractivity contribution in [3.8, 4) is 5.75 Å². The van der Waals surface area contributed by atoms with Crippen LogP contribution in [0.3, 0.4) is 0 Å². The molecule has 0 spiro atoms. The highest BCUT2D eigenvalue weighted by Gasteiger charge is 2.09. The van der Waals surface area contributed by atoms with Gasteiger partial charge in [0.05, 0.1) is 12.1 Å². The van der Waals surface area contributed by atoms with Gasteiger partial charge in [0.2, 0.25) is 0 Å². The summed E-state index contributed by atoms with van der Waals surface area (Å²) >= 11 is 5.64. The van der Waals surface area contributed by atoms with Crippen LogP contribution < -0.4 is 10.3 Å². The Morgan fingerprint density at radius 1 is 1.29 bits per heavy atom. The molecule has 4 heteroatoms. The number of ether oxygens (including phenoxy) is 1. The Hall–Kier alpha value is -1.48. The molecule has 0 amide bonds. The molecule has 2 aromatic rings. The second kappa shape index (κ2) is 7.51. The fraction of sp³-hybridized carbons (Fsp3) is 0.471. The molecule has 114 valence electrons. The minimum absolute atomic E-state index is 0.0198. The Morgan fingerprint density at radius 2 is 2.10 bits per heavy atom. The molecule has 1 aromatic carbocycles. The number of nitrogens with one attached hydrogen (secondary N) is 1. The maximum atomic E-state index is 12.2. The number of alkyl halides is 1. The number of hydrogen-bond donors (Lipinski definition) is 1. The second-order valence-corrected chi connectivity index (χ2v) is 5.64. The largest absolute Gasteiger partial charge is 0.493 e. The predicted molar refractivity (Wildman–Crippen MR) is 88.7 cm³/mol. The zero-order valence-electron chi connectivity index (χ0n) is 12.7. The van der Waals surface area contributed by atoms with Gasteiger partial charge in [-0.25, -0.2) is 0 Å². The quantitative estimate of drug-likeness (QED) is 0.615. The normalized spacial score (nSPS) is 11.0. The van der Waals surface area contributed by atoms with Crippen molar-refractivity contribution in [2.24, 2.45) is 0 Å². The van der Waals surface area contributed by atoms with Crippen LogP contribution in [0, 0.1) is 6.92 Å². The molecule has 0 saturated carbocycles. The predicted octanol–water partition coefficient (Wildman–Crippen LogP) is 4.19. The van der Waals surface area contributed by atoms with E-state index in [0.717, 1.165) is 53.5 Å². The summed E-state index contributed by atoms with van der Waals surface area (Å²) in [5.41, 5.74) is 2.84. The van der Waals surface area contributed by atoms with Crippen molar-refractivity contribution in [1.29, 1.82) is 0 Å². The summed E-state index contributed by atoms with van der Waals surface area (Å²) < 4.78 is 5.62. The molecule has 0 atom stereocenters. The summed E-state index contributed by atoms with van der Waals surface area (Å²) in [6.07, 6.45) is 3.77. The van der Waals surface area contributed by atoms with Crippen LogP contribution in [-0.2, 0) is 6.42 Å². The van der Waals surface area contributed by atoms with Crippen molar-refractivity contribution in [1.82, 2.24) is 4.98 Å². The van der Waals surface area contributed by atoms with Gasteiger partial charge in [0, 0.05) is 22.9 Å². The average Bonchev–Trinajstić information content (AvgIpc) is 2.47. The van der Waals surface area contributed by atoms with Crippen molar-refractivity contribution in [2.75, 3.05) is 12.5 Å². The molecule has 0 aliphatic rings. The van der Waals surface area contributed by atoms with Crippen LogP contribution in [0.5, 0.6) is 5.75 Å². The third-order valence-corrected chi connectivity index (χ3v) is 3.96. The van der Waals surface area contributed by atoms with Crippen molar-refractivity contribution in [2.45, 2.75) is 39.5 Å². The summed E-state index contributed by atoms with van der Waals surface area (Å²) in [4.78, 5) is 15.2. The van der Waals surface area contributed by atoms with Gasteiger partial charge in [-0.1, -0.05) is 13.3 Å². The first-order valence-corrected chi connectivity index (χ1v) is 8.05. The molecule has 0 bridgehead atoms. The Labute approximate surface area is 130 Å². The molecular formula is C17H22ClNO2. The van der Waals surface area contributed by atoms with E-state index in [0.29, 0.717) is 12.5 Å². The first kappa shape index (κ1) is 15.9. The monoisotopic (exact) mass is 307 g/mol. The van der Waals surface area contributed by atoms with Crippen LogP contribution in [0.15, 0.2) is 23.0 Å². The van der Waals surface area contributed by atoms with E-state index in [4.69, 9.17) is 16.3 Å². The van der Waals surface area contributed by atoms with Crippen molar-refractivity contribution in [3.63, 3.8) is 0 Å². The number of aryl methyl sites for hydroxylation is 1. The smallest absolute Gasteiger partial charge is 0.251 e. The molecule has 1 N–H and O–H groups in total. The number of aromatic amines is 1. The Bertz CT molecular complexity index is 664. The van der Waals surface area contributed by atoms with Crippen LogP contribution in [0.4, 0.5) is 0 Å². The number of rotatable bonds is 7. The van der Waals surface area contributed by atoms with Gasteiger partial charge in [-0.2, -0.15) is 0 Å². The van der Waals surface area contributed by atoms with Gasteiger partial charge in [-0.05, 0) is 43.9 Å². The minimum atomic E-state index is 0.0198. The number of H-pyrrole nitrogens is 1. The lowest BCUT2D eigenvalue weighted by Crippen LogP contribution is -2.15. The van der Waals surface area contributed by atoms with E-state index in [1.165, 1.54) is 0 Å². The van der Waals surface area contributed by atoms with E-state index in [2.05, 4.69) is 11.9 Å². The lowest BCUT2D eigenvalue weighted by Gasteiger charge is -2.10. The summed E-state index contributed by atoms with van der Waals surface area (Å²) in [5.74, 6) is 1.36. The van der Waals surface area contributed by atoms with E-state index in [1.807, 2.05) is 25.1 Å². The summed E-state index contributed by atoms with van der Waals surface area (Å²) in [5, 5.41) is 1.09. The summed E-state index contributed by atoms with van der Waals surface area (Å²) in [6.45, 7) is 4.75. The molecule has 0 aliphatic carbocycles. The molecule has 2 rings (SSSR count). The topological polar surface area (TPSA) is 42.1 Å². The Balaban J connectivity index is 2.34. The zero-order valence-corrected chi connectivity index (χ0v) is 13.4. The highest BCUT2D eigenvalue weighted by Crippen LogP contribution is 2.23. The molecule has 1 aromatic heterocycles. The molecule has 0 unspecified atom stereocenters. The van der Waals surface area contributed by atoms with Crippen molar-refractivity contribution in [3.05, 3.63) is 39.7 Å². The molecule has 1 heterocycles. The van der Waals surface area contributed by atoms with E-state index in [-0.39, 0.29) is 5.56 Å². The maximum Gasteiger partial charge on any atom is 0.251 e. The third kappa shape index (κ3) is 3.79. The molecule has 0 fully saturated rings. The first-order chi connectivity index (χ1) is 10.2. The third-order valence-electron chi connectivity index (χ3n) is 3.70. The van der Waals surface area contributed by atoms with Crippen LogP contribution in [0.2, 0.25) is 0 Å². The lowest BCUT2D eigenvalue weighted by atomic mass is 10.0. The summed E-state index contributed by atoms with van der Waals surface area (Å²) in [6, 6.07) is 5.86. The number of unbranched alkanes of at least 4 members (excludes halogenated alkanes) is 1. The van der Waals surface area contributed by atoms with Gasteiger partial charge in [0.15, 0.2) is 0 Å². The van der Waals surface area contributed by atoms with Crippen LogP contribution in [0.25, 0.3) is 10.9 Å². The number of aromatic nitrogens is 1. The van der Waals surface area contributed by atoms with Gasteiger partial charge in [-0.15, -0.1) is 11.6 Å². The Morgan fingerprint density at radius 3 is 2.81 bits per heavy atom. The van der Waals surface area contributed by atoms with Crippen LogP contribution in [0.1, 0.15) is 37.3 Å². The van der Waals surface area contributed by atoms with Gasteiger partial charge in [0.1, 0.15) is 5.75 Å². The lowest BCUT2D eigenvalue weighted by molar-refractivity contribution is 0.318. The molecule has 0 radical (unpaired) electrons. The fourth-order valence-electron chi connectivity index (χ4n) is 2.47. The SMILES string of the molecule is CCCCc1c(C)c2ccc(OCCCCl)cc2[nH]c1=O. The number of fused-ring (bicyclic) bond motifs is 1. The van der Waals surface area contributed by atoms with E-state index < -0.39 is 0 Å². The molecule has 21 heavy (non-hydrogen) atoms. The van der Waals surface area contributed by atoms with Crippen molar-refractivity contribution >= 4 is 22.5 Å². The van der Waals surface area contributed by atoms with Crippen LogP contribution >= 0.6 is 11.6 Å². The molecule has 0 saturated heterocycles. The standard InChI is InChI=1S/C17H22ClNO2/c1-3-4-6-15-12(2)14-8-7-13(21-10-5-9-18)11-16(14)19-17(15)20/h7-8,11H,3-6,9-10H2,1-2H3,(H,19,20). The van der Waals surface area contributed by atoms with Crippen LogP contribution in [-0.4, -0.2) is 17.5 Å². The van der Waals surface area contributed by atoms with Gasteiger partial charge >= 0.3 is 0 Å². The van der Waals surface area contributed by atoms with Gasteiger partial charge in [-0.3, -0.25) is 4.79 Å². The molecule has 3 nitrogen and oxygen atoms in total. The number of halogens is 1. The highest BCUT2D eigenvalue weighted by atomic mass is 35.5. The zero-order chi connectivity index (χ0) is 15.2. The number of benzene rings is 1. The molecule has 0 aliphatic heterocycles.